The lowest BCUT2D eigenvalue weighted by Gasteiger charge is -2.34. The number of hydrogen-bond acceptors (Lipinski definition) is 5. The number of oxazole rings is 1. The predicted octanol–water partition coefficient (Wildman–Crippen LogP) is 3.08. The molecule has 4 unspecified atom stereocenters. The quantitative estimate of drug-likeness (QED) is 0.653. The summed E-state index contributed by atoms with van der Waals surface area (Å²) in [5.41, 5.74) is 4.30. The van der Waals surface area contributed by atoms with Crippen molar-refractivity contribution in [1.82, 2.24) is 14.8 Å². The number of fused-ring (bicyclic) bond motifs is 5. The number of piperidine rings is 1. The van der Waals surface area contributed by atoms with E-state index in [1.54, 1.807) is 13.1 Å². The largest absolute Gasteiger partial charge is 0.419 e. The normalized spacial score (nSPS) is 23.1. The third kappa shape index (κ3) is 4.31. The Kier molecular flexibility index (Phi) is 5.77. The van der Waals surface area contributed by atoms with Gasteiger partial charge in [0.25, 0.3) is 0 Å². The summed E-state index contributed by atoms with van der Waals surface area (Å²) < 4.78 is 6.69. The molecule has 3 aliphatic heterocycles. The maximum atomic E-state index is 13.0. The molecule has 0 saturated carbocycles. The molecule has 6 rings (SSSR count). The van der Waals surface area contributed by atoms with Gasteiger partial charge in [-0.05, 0) is 67.1 Å². The highest BCUT2D eigenvalue weighted by Crippen LogP contribution is 2.32. The van der Waals surface area contributed by atoms with Gasteiger partial charge in [0.2, 0.25) is 5.91 Å². The predicted molar refractivity (Wildman–Crippen MR) is 125 cm³/mol. The first-order valence-electron chi connectivity index (χ1n) is 11.6. The summed E-state index contributed by atoms with van der Waals surface area (Å²) in [5.74, 6) is 0.0764. The Hall–Kier alpha value is -3.37. The number of carbonyl (C=O) groups is 1. The van der Waals surface area contributed by atoms with E-state index >= 15 is 0 Å². The molecule has 7 heteroatoms. The highest BCUT2D eigenvalue weighted by Gasteiger charge is 2.36. The van der Waals surface area contributed by atoms with Gasteiger partial charge in [0.1, 0.15) is 6.04 Å². The zero-order valence-electron chi connectivity index (χ0n) is 18.8. The van der Waals surface area contributed by atoms with Gasteiger partial charge < -0.3 is 14.6 Å². The Morgan fingerprint density at radius 1 is 1.18 bits per heavy atom. The highest BCUT2D eigenvalue weighted by atomic mass is 16.4. The van der Waals surface area contributed by atoms with Crippen molar-refractivity contribution in [2.24, 2.45) is 18.9 Å². The first kappa shape index (κ1) is 21.5. The van der Waals surface area contributed by atoms with E-state index in [0.717, 1.165) is 61.1 Å². The van der Waals surface area contributed by atoms with Gasteiger partial charge in [-0.15, -0.1) is 0 Å². The van der Waals surface area contributed by atoms with Crippen LogP contribution in [0.3, 0.4) is 0 Å². The van der Waals surface area contributed by atoms with Crippen LogP contribution >= 0.6 is 0 Å². The van der Waals surface area contributed by atoms with E-state index < -0.39 is 6.04 Å². The molecule has 33 heavy (non-hydrogen) atoms. The second kappa shape index (κ2) is 8.87. The monoisotopic (exact) mass is 444 g/mol. The van der Waals surface area contributed by atoms with Crippen LogP contribution in [0.25, 0.3) is 22.2 Å². The number of carbonyl (C=O) groups excluding carboxylic acids is 1. The van der Waals surface area contributed by atoms with Crippen LogP contribution in [0.1, 0.15) is 24.8 Å². The Bertz CT molecular complexity index is 1260. The topological polar surface area (TPSA) is 91.3 Å². The average Bonchev–Trinajstić information content (AvgIpc) is 3.03. The van der Waals surface area contributed by atoms with E-state index in [2.05, 4.69) is 16.3 Å². The minimum atomic E-state index is -0.545. The molecule has 170 valence electrons. The van der Waals surface area contributed by atoms with Gasteiger partial charge in [0.15, 0.2) is 5.58 Å². The summed E-state index contributed by atoms with van der Waals surface area (Å²) >= 11 is 0. The van der Waals surface area contributed by atoms with Gasteiger partial charge in [-0.1, -0.05) is 30.3 Å². The van der Waals surface area contributed by atoms with Crippen LogP contribution in [-0.2, 0) is 18.3 Å². The van der Waals surface area contributed by atoms with E-state index in [-0.39, 0.29) is 17.6 Å². The first-order chi connectivity index (χ1) is 16.0. The highest BCUT2D eigenvalue weighted by molar-refractivity contribution is 5.81. The van der Waals surface area contributed by atoms with Crippen molar-refractivity contribution in [3.8, 4) is 17.2 Å². The van der Waals surface area contributed by atoms with E-state index in [9.17, 15) is 14.9 Å². The molecule has 1 N–H and O–H groups in total. The third-order valence-corrected chi connectivity index (χ3v) is 7.22. The lowest BCUT2D eigenvalue weighted by Crippen LogP contribution is -2.48. The van der Waals surface area contributed by atoms with Crippen molar-refractivity contribution in [1.29, 1.82) is 5.26 Å². The van der Waals surface area contributed by atoms with Crippen molar-refractivity contribution in [3.63, 3.8) is 0 Å². The molecule has 0 radical (unpaired) electrons. The number of nitriles is 1. The molecular weight excluding hydrogens is 416 g/mol. The van der Waals surface area contributed by atoms with E-state index in [0.29, 0.717) is 17.9 Å². The average molecular weight is 445 g/mol. The Morgan fingerprint density at radius 3 is 2.76 bits per heavy atom. The van der Waals surface area contributed by atoms with Gasteiger partial charge >= 0.3 is 5.76 Å². The number of amides is 1. The van der Waals surface area contributed by atoms with Crippen LogP contribution in [0.5, 0.6) is 0 Å². The standard InChI is InChI=1S/C26H28N4O3/c1-29-23-14-20(8-9-24(23)33-26(29)32)18-6-4-17(5-7-18)13-21(15-27)28-25(31)22-16-30-11-2-3-19(22)10-12-30/h4-9,14,19,21-22H,2-3,10-13,16H2,1H3,(H,28,31). The van der Waals surface area contributed by atoms with Crippen molar-refractivity contribution in [2.75, 3.05) is 19.6 Å². The van der Waals surface area contributed by atoms with Crippen molar-refractivity contribution < 1.29 is 9.21 Å². The SMILES string of the molecule is Cn1c(=O)oc2ccc(-c3ccc(CC(C#N)NC(=O)C4CN5CCCC4CC5)cc3)cc21. The summed E-state index contributed by atoms with van der Waals surface area (Å²) in [5, 5.41) is 12.7. The maximum absolute atomic E-state index is 13.0. The van der Waals surface area contributed by atoms with Crippen LogP contribution < -0.4 is 11.1 Å². The summed E-state index contributed by atoms with van der Waals surface area (Å²) in [7, 11) is 1.69. The Labute approximate surface area is 192 Å². The second-order valence-electron chi connectivity index (χ2n) is 9.30. The number of rotatable bonds is 5. The van der Waals surface area contributed by atoms with Crippen molar-refractivity contribution in [2.45, 2.75) is 31.7 Å². The maximum Gasteiger partial charge on any atom is 0.419 e. The Balaban J connectivity index is 1.26. The number of nitrogens with zero attached hydrogens (tertiary/aromatic N) is 3. The zero-order chi connectivity index (χ0) is 22.9. The molecule has 0 spiro atoms. The fourth-order valence-corrected chi connectivity index (χ4v) is 5.27. The minimum Gasteiger partial charge on any atom is -0.408 e. The zero-order valence-corrected chi connectivity index (χ0v) is 18.8. The number of hydrogen-bond donors (Lipinski definition) is 1. The molecule has 3 saturated heterocycles. The van der Waals surface area contributed by atoms with E-state index in [1.165, 1.54) is 4.57 Å². The van der Waals surface area contributed by atoms with Gasteiger partial charge in [0, 0.05) is 20.0 Å². The molecule has 7 nitrogen and oxygen atoms in total. The number of benzene rings is 2. The number of nitrogens with one attached hydrogen (secondary N) is 1. The lowest BCUT2D eigenvalue weighted by atomic mass is 9.83. The fourth-order valence-electron chi connectivity index (χ4n) is 5.27. The molecule has 0 aliphatic carbocycles. The lowest BCUT2D eigenvalue weighted by molar-refractivity contribution is -0.128. The molecule has 3 aromatic rings. The van der Waals surface area contributed by atoms with Gasteiger partial charge in [-0.2, -0.15) is 5.26 Å². The molecule has 1 aromatic heterocycles. The van der Waals surface area contributed by atoms with Gasteiger partial charge in [-0.3, -0.25) is 9.36 Å². The smallest absolute Gasteiger partial charge is 0.408 e. The molecular formula is C26H28N4O3. The first-order valence-corrected chi connectivity index (χ1v) is 11.6. The summed E-state index contributed by atoms with van der Waals surface area (Å²) in [6.45, 7) is 2.99. The molecule has 2 bridgehead atoms. The van der Waals surface area contributed by atoms with Crippen LogP contribution in [0, 0.1) is 23.2 Å². The molecule has 1 amide bonds. The molecule has 4 atom stereocenters. The third-order valence-electron chi connectivity index (χ3n) is 7.22. The molecule has 2 aromatic carbocycles. The Morgan fingerprint density at radius 2 is 1.97 bits per heavy atom. The molecule has 3 aliphatic rings. The van der Waals surface area contributed by atoms with E-state index in [1.807, 2.05) is 36.4 Å². The van der Waals surface area contributed by atoms with Crippen LogP contribution in [0.2, 0.25) is 0 Å². The van der Waals surface area contributed by atoms with Crippen LogP contribution in [0.4, 0.5) is 0 Å². The summed E-state index contributed by atoms with van der Waals surface area (Å²) in [6.07, 6.45) is 3.81. The fraction of sp³-hybridized carbons (Fsp3) is 0.423. The van der Waals surface area contributed by atoms with Crippen LogP contribution in [0.15, 0.2) is 51.7 Å². The number of aromatic nitrogens is 1. The van der Waals surface area contributed by atoms with Gasteiger partial charge in [-0.25, -0.2) is 4.79 Å². The van der Waals surface area contributed by atoms with Crippen molar-refractivity contribution >= 4 is 17.0 Å². The summed E-state index contributed by atoms with van der Waals surface area (Å²) in [4.78, 5) is 27.1. The van der Waals surface area contributed by atoms with Crippen LogP contribution in [-0.4, -0.2) is 41.1 Å². The van der Waals surface area contributed by atoms with E-state index in [4.69, 9.17) is 4.42 Å². The second-order valence-corrected chi connectivity index (χ2v) is 9.30. The van der Waals surface area contributed by atoms with Gasteiger partial charge in [0.05, 0.1) is 17.5 Å². The molecule has 3 fully saturated rings. The summed E-state index contributed by atoms with van der Waals surface area (Å²) in [6, 6.07) is 15.4. The number of aryl methyl sites for hydroxylation is 1. The molecule has 4 heterocycles. The minimum absolute atomic E-state index is 0.00622. The van der Waals surface area contributed by atoms with Crippen molar-refractivity contribution in [3.05, 3.63) is 58.6 Å².